The van der Waals surface area contributed by atoms with Gasteiger partial charge in [-0.05, 0) is 6.92 Å². The summed E-state index contributed by atoms with van der Waals surface area (Å²) in [6.45, 7) is 5.31. The molecule has 0 fully saturated rings. The molecule has 0 amide bonds. The van der Waals surface area contributed by atoms with Crippen LogP contribution in [0.3, 0.4) is 0 Å². The summed E-state index contributed by atoms with van der Waals surface area (Å²) in [6.07, 6.45) is 0. The van der Waals surface area contributed by atoms with Crippen molar-refractivity contribution in [1.82, 2.24) is 0 Å². The number of carbonyl (C=O) groups excluding carboxylic acids is 2. The molecule has 0 aromatic carbocycles. The minimum absolute atomic E-state index is 0. The van der Waals surface area contributed by atoms with Gasteiger partial charge in [-0.3, -0.25) is 4.79 Å². The SMILES string of the molecule is CCOC(=O)C(N)C(=O)C(C)C.Cl. The fourth-order valence-corrected chi connectivity index (χ4v) is 0.707. The van der Waals surface area contributed by atoms with Crippen molar-refractivity contribution in [2.24, 2.45) is 11.7 Å². The second-order valence-electron chi connectivity index (χ2n) is 2.79. The molecule has 13 heavy (non-hydrogen) atoms. The molecule has 0 spiro atoms. The van der Waals surface area contributed by atoms with Crippen LogP contribution in [0.15, 0.2) is 0 Å². The van der Waals surface area contributed by atoms with Gasteiger partial charge >= 0.3 is 5.97 Å². The average molecular weight is 210 g/mol. The molecule has 0 radical (unpaired) electrons. The second kappa shape index (κ2) is 6.86. The van der Waals surface area contributed by atoms with Gasteiger partial charge in [0, 0.05) is 5.92 Å². The van der Waals surface area contributed by atoms with Crippen LogP contribution in [-0.4, -0.2) is 24.4 Å². The number of halogens is 1. The first kappa shape index (κ1) is 14.9. The standard InChI is InChI=1S/C8H15NO3.ClH/c1-4-12-8(11)6(9)7(10)5(2)3;/h5-6H,4,9H2,1-3H3;1H. The predicted molar refractivity (Wildman–Crippen MR) is 51.7 cm³/mol. The lowest BCUT2D eigenvalue weighted by Crippen LogP contribution is -2.42. The van der Waals surface area contributed by atoms with Crippen LogP contribution in [0, 0.1) is 5.92 Å². The van der Waals surface area contributed by atoms with Crippen LogP contribution in [0.4, 0.5) is 0 Å². The van der Waals surface area contributed by atoms with Crippen LogP contribution in [0.5, 0.6) is 0 Å². The average Bonchev–Trinajstić information content (AvgIpc) is 2.02. The lowest BCUT2D eigenvalue weighted by molar-refractivity contribution is -0.148. The summed E-state index contributed by atoms with van der Waals surface area (Å²) in [6, 6.07) is -1.12. The van der Waals surface area contributed by atoms with E-state index in [-0.39, 0.29) is 30.7 Å². The minimum atomic E-state index is -1.12. The molecule has 0 rings (SSSR count). The molecule has 2 N–H and O–H groups in total. The van der Waals surface area contributed by atoms with Gasteiger partial charge in [0.1, 0.15) is 0 Å². The molecule has 0 saturated heterocycles. The third kappa shape index (κ3) is 4.85. The first-order valence-electron chi connectivity index (χ1n) is 3.96. The van der Waals surface area contributed by atoms with E-state index in [0.717, 1.165) is 0 Å². The quantitative estimate of drug-likeness (QED) is 0.542. The molecule has 1 unspecified atom stereocenters. The molecule has 0 aromatic heterocycles. The zero-order valence-electron chi connectivity index (χ0n) is 8.07. The van der Waals surface area contributed by atoms with E-state index in [0.29, 0.717) is 0 Å². The third-order valence-electron chi connectivity index (χ3n) is 1.42. The van der Waals surface area contributed by atoms with Crippen molar-refractivity contribution in [1.29, 1.82) is 0 Å². The Morgan fingerprint density at radius 3 is 2.15 bits per heavy atom. The van der Waals surface area contributed by atoms with Crippen molar-refractivity contribution in [2.45, 2.75) is 26.8 Å². The summed E-state index contributed by atoms with van der Waals surface area (Å²) in [7, 11) is 0. The molecule has 0 heterocycles. The van der Waals surface area contributed by atoms with Gasteiger partial charge in [0.2, 0.25) is 0 Å². The number of rotatable bonds is 4. The molecule has 4 nitrogen and oxygen atoms in total. The van der Waals surface area contributed by atoms with Gasteiger partial charge in [0.05, 0.1) is 6.61 Å². The van der Waals surface area contributed by atoms with E-state index in [9.17, 15) is 9.59 Å². The van der Waals surface area contributed by atoms with E-state index in [1.165, 1.54) is 0 Å². The monoisotopic (exact) mass is 209 g/mol. The van der Waals surface area contributed by atoms with Gasteiger partial charge in [-0.2, -0.15) is 0 Å². The van der Waals surface area contributed by atoms with Crippen molar-refractivity contribution < 1.29 is 14.3 Å². The van der Waals surface area contributed by atoms with Gasteiger partial charge < -0.3 is 10.5 Å². The van der Waals surface area contributed by atoms with Crippen molar-refractivity contribution in [3.63, 3.8) is 0 Å². The van der Waals surface area contributed by atoms with Gasteiger partial charge in [-0.25, -0.2) is 4.79 Å². The first-order chi connectivity index (χ1) is 5.50. The van der Waals surface area contributed by atoms with E-state index in [1.54, 1.807) is 20.8 Å². The van der Waals surface area contributed by atoms with E-state index < -0.39 is 12.0 Å². The maximum absolute atomic E-state index is 11.1. The number of esters is 1. The number of carbonyl (C=O) groups is 2. The number of ketones is 1. The smallest absolute Gasteiger partial charge is 0.330 e. The molecule has 0 aliphatic rings. The van der Waals surface area contributed by atoms with Crippen LogP contribution < -0.4 is 5.73 Å². The Labute approximate surface area is 84.2 Å². The Kier molecular flexibility index (Phi) is 7.85. The molecular weight excluding hydrogens is 194 g/mol. The van der Waals surface area contributed by atoms with Crippen LogP contribution in [0.1, 0.15) is 20.8 Å². The Hall–Kier alpha value is -0.610. The number of ether oxygens (including phenoxy) is 1. The number of nitrogens with two attached hydrogens (primary N) is 1. The fourth-order valence-electron chi connectivity index (χ4n) is 0.707. The minimum Gasteiger partial charge on any atom is -0.464 e. The zero-order valence-corrected chi connectivity index (χ0v) is 8.89. The summed E-state index contributed by atoms with van der Waals surface area (Å²) in [5.74, 6) is -1.16. The molecular formula is C8H16ClNO3. The fraction of sp³-hybridized carbons (Fsp3) is 0.750. The van der Waals surface area contributed by atoms with E-state index in [1.807, 2.05) is 0 Å². The lowest BCUT2D eigenvalue weighted by atomic mass is 10.0. The van der Waals surface area contributed by atoms with Gasteiger partial charge in [0.15, 0.2) is 11.8 Å². The molecule has 0 bridgehead atoms. The van der Waals surface area contributed by atoms with Crippen LogP contribution in [-0.2, 0) is 14.3 Å². The highest BCUT2D eigenvalue weighted by atomic mass is 35.5. The summed E-state index contributed by atoms with van der Waals surface area (Å²) in [5, 5.41) is 0. The number of Topliss-reactive ketones (excluding diaryl/α,β-unsaturated/α-hetero) is 1. The first-order valence-corrected chi connectivity index (χ1v) is 3.96. The molecule has 1 atom stereocenters. The Morgan fingerprint density at radius 1 is 1.38 bits per heavy atom. The molecule has 0 aromatic rings. The largest absolute Gasteiger partial charge is 0.464 e. The van der Waals surface area contributed by atoms with Crippen molar-refractivity contribution >= 4 is 24.2 Å². The molecule has 0 aliphatic heterocycles. The maximum atomic E-state index is 11.1. The number of hydrogen-bond acceptors (Lipinski definition) is 4. The van der Waals surface area contributed by atoms with Crippen LogP contribution in [0.25, 0.3) is 0 Å². The van der Waals surface area contributed by atoms with Crippen molar-refractivity contribution in [3.05, 3.63) is 0 Å². The maximum Gasteiger partial charge on any atom is 0.330 e. The van der Waals surface area contributed by atoms with E-state index in [4.69, 9.17) is 5.73 Å². The molecule has 0 saturated carbocycles. The highest BCUT2D eigenvalue weighted by Gasteiger charge is 2.25. The van der Waals surface area contributed by atoms with Crippen molar-refractivity contribution in [3.8, 4) is 0 Å². The normalized spacial score (nSPS) is 11.8. The predicted octanol–water partition coefficient (Wildman–Crippen LogP) is 0.524. The van der Waals surface area contributed by atoms with Gasteiger partial charge in [0.25, 0.3) is 0 Å². The lowest BCUT2D eigenvalue weighted by Gasteiger charge is -2.11. The Balaban J connectivity index is 0. The van der Waals surface area contributed by atoms with Gasteiger partial charge in [-0.15, -0.1) is 12.4 Å². The third-order valence-corrected chi connectivity index (χ3v) is 1.42. The summed E-state index contributed by atoms with van der Waals surface area (Å²) in [5.41, 5.74) is 5.32. The van der Waals surface area contributed by atoms with Crippen LogP contribution in [0.2, 0.25) is 0 Å². The molecule has 78 valence electrons. The summed E-state index contributed by atoms with van der Waals surface area (Å²) >= 11 is 0. The van der Waals surface area contributed by atoms with Gasteiger partial charge in [-0.1, -0.05) is 13.8 Å². The molecule has 0 aliphatic carbocycles. The second-order valence-corrected chi connectivity index (χ2v) is 2.79. The zero-order chi connectivity index (χ0) is 9.72. The van der Waals surface area contributed by atoms with E-state index in [2.05, 4.69) is 4.74 Å². The highest BCUT2D eigenvalue weighted by Crippen LogP contribution is 1.99. The Morgan fingerprint density at radius 2 is 1.85 bits per heavy atom. The topological polar surface area (TPSA) is 69.4 Å². The van der Waals surface area contributed by atoms with Crippen LogP contribution >= 0.6 is 12.4 Å². The molecule has 5 heteroatoms. The summed E-state index contributed by atoms with van der Waals surface area (Å²) < 4.78 is 4.59. The Bertz CT molecular complexity index is 182. The summed E-state index contributed by atoms with van der Waals surface area (Å²) in [4.78, 5) is 22.1. The van der Waals surface area contributed by atoms with Crippen molar-refractivity contribution in [2.75, 3.05) is 6.61 Å². The number of hydrogen-bond donors (Lipinski definition) is 1. The van der Waals surface area contributed by atoms with E-state index >= 15 is 0 Å². The highest BCUT2D eigenvalue weighted by molar-refractivity contribution is 6.03.